The number of ether oxygens (including phenoxy) is 1. The Balaban J connectivity index is 1.69. The Kier molecular flexibility index (Phi) is 4.60. The smallest absolute Gasteiger partial charge is 0.344 e. The van der Waals surface area contributed by atoms with Gasteiger partial charge in [0, 0.05) is 10.5 Å². The molecular formula is C22H13BrO4. The highest BCUT2D eigenvalue weighted by molar-refractivity contribution is 9.10. The van der Waals surface area contributed by atoms with E-state index in [0.717, 1.165) is 5.56 Å². The quantitative estimate of drug-likeness (QED) is 0.327. The minimum Gasteiger partial charge on any atom is -0.463 e. The van der Waals surface area contributed by atoms with Crippen molar-refractivity contribution in [1.82, 2.24) is 0 Å². The monoisotopic (exact) mass is 420 g/mol. The van der Waals surface area contributed by atoms with Gasteiger partial charge in [0.15, 0.2) is 5.43 Å². The van der Waals surface area contributed by atoms with Crippen molar-refractivity contribution in [3.05, 3.63) is 99.3 Å². The molecule has 0 atom stereocenters. The maximum Gasteiger partial charge on any atom is 0.344 e. The van der Waals surface area contributed by atoms with Gasteiger partial charge >= 0.3 is 5.97 Å². The molecule has 3 aromatic carbocycles. The number of hydrogen-bond donors (Lipinski definition) is 0. The van der Waals surface area contributed by atoms with Gasteiger partial charge in [0.05, 0.1) is 16.5 Å². The second kappa shape index (κ2) is 7.21. The summed E-state index contributed by atoms with van der Waals surface area (Å²) in [6, 6.07) is 21.1. The Labute approximate surface area is 163 Å². The Morgan fingerprint density at radius 3 is 2.44 bits per heavy atom. The number of halogens is 1. The molecule has 0 radical (unpaired) electrons. The van der Waals surface area contributed by atoms with Crippen LogP contribution in [0, 0.1) is 0 Å². The molecule has 4 rings (SSSR count). The van der Waals surface area contributed by atoms with Crippen molar-refractivity contribution in [3.63, 3.8) is 0 Å². The first-order valence-corrected chi connectivity index (χ1v) is 9.00. The molecular weight excluding hydrogens is 408 g/mol. The predicted octanol–water partition coefficient (Wildman–Crippen LogP) is 5.44. The molecule has 4 nitrogen and oxygen atoms in total. The van der Waals surface area contributed by atoms with Crippen molar-refractivity contribution >= 4 is 32.9 Å². The zero-order valence-electron chi connectivity index (χ0n) is 14.0. The number of benzene rings is 3. The average molecular weight is 421 g/mol. The normalized spacial score (nSPS) is 10.7. The van der Waals surface area contributed by atoms with Crippen LogP contribution in [-0.4, -0.2) is 5.97 Å². The summed E-state index contributed by atoms with van der Waals surface area (Å²) in [5.41, 5.74) is 1.92. The predicted molar refractivity (Wildman–Crippen MR) is 107 cm³/mol. The number of hydrogen-bond acceptors (Lipinski definition) is 4. The third kappa shape index (κ3) is 3.41. The largest absolute Gasteiger partial charge is 0.463 e. The van der Waals surface area contributed by atoms with E-state index in [1.54, 1.807) is 36.4 Å². The molecule has 0 unspecified atom stereocenters. The molecule has 0 aliphatic heterocycles. The van der Waals surface area contributed by atoms with Crippen LogP contribution in [0.4, 0.5) is 0 Å². The number of carbonyl (C=O) groups excluding carboxylic acids is 1. The van der Waals surface area contributed by atoms with Crippen molar-refractivity contribution in [3.8, 4) is 16.9 Å². The second-order valence-corrected chi connectivity index (χ2v) is 6.73. The van der Waals surface area contributed by atoms with Crippen molar-refractivity contribution in [1.29, 1.82) is 0 Å². The molecule has 0 amide bonds. The summed E-state index contributed by atoms with van der Waals surface area (Å²) in [7, 11) is 0. The van der Waals surface area contributed by atoms with Crippen molar-refractivity contribution < 1.29 is 13.9 Å². The summed E-state index contributed by atoms with van der Waals surface area (Å²) in [4.78, 5) is 25.1. The lowest BCUT2D eigenvalue weighted by Gasteiger charge is -2.07. The van der Waals surface area contributed by atoms with E-state index in [4.69, 9.17) is 9.15 Å². The maximum atomic E-state index is 12.8. The first kappa shape index (κ1) is 17.2. The summed E-state index contributed by atoms with van der Waals surface area (Å²) in [5, 5.41) is 0.428. The van der Waals surface area contributed by atoms with Crippen LogP contribution in [-0.2, 0) is 0 Å². The topological polar surface area (TPSA) is 56.5 Å². The fraction of sp³-hybridized carbons (Fsp3) is 0. The summed E-state index contributed by atoms with van der Waals surface area (Å²) in [5.74, 6) is -0.191. The fourth-order valence-corrected chi connectivity index (χ4v) is 3.22. The average Bonchev–Trinajstić information content (AvgIpc) is 2.69. The molecule has 4 aromatic rings. The third-order valence-electron chi connectivity index (χ3n) is 4.14. The fourth-order valence-electron chi connectivity index (χ4n) is 2.78. The van der Waals surface area contributed by atoms with E-state index < -0.39 is 5.97 Å². The maximum absolute atomic E-state index is 12.8. The second-order valence-electron chi connectivity index (χ2n) is 5.87. The van der Waals surface area contributed by atoms with Crippen molar-refractivity contribution in [2.75, 3.05) is 0 Å². The van der Waals surface area contributed by atoms with E-state index in [0.29, 0.717) is 32.3 Å². The van der Waals surface area contributed by atoms with Crippen LogP contribution in [0.1, 0.15) is 10.4 Å². The van der Waals surface area contributed by atoms with E-state index in [1.165, 1.54) is 6.26 Å². The minimum atomic E-state index is -0.495. The highest BCUT2D eigenvalue weighted by Gasteiger charge is 2.14. The molecule has 0 fully saturated rings. The number of rotatable bonds is 3. The number of esters is 1. The van der Waals surface area contributed by atoms with Crippen LogP contribution in [0.2, 0.25) is 0 Å². The van der Waals surface area contributed by atoms with Gasteiger partial charge in [-0.25, -0.2) is 4.79 Å². The zero-order chi connectivity index (χ0) is 18.8. The molecule has 0 aliphatic rings. The summed E-state index contributed by atoms with van der Waals surface area (Å²) < 4.78 is 11.7. The molecule has 132 valence electrons. The van der Waals surface area contributed by atoms with Gasteiger partial charge < -0.3 is 9.15 Å². The molecule has 0 saturated carbocycles. The van der Waals surface area contributed by atoms with Gasteiger partial charge in [0.1, 0.15) is 17.6 Å². The molecule has 1 heterocycles. The minimum absolute atomic E-state index is 0.133. The van der Waals surface area contributed by atoms with E-state index in [9.17, 15) is 9.59 Å². The van der Waals surface area contributed by atoms with Gasteiger partial charge in [0.2, 0.25) is 0 Å². The van der Waals surface area contributed by atoms with Crippen LogP contribution < -0.4 is 10.2 Å². The first-order chi connectivity index (χ1) is 13.1. The van der Waals surface area contributed by atoms with Crippen LogP contribution in [0.25, 0.3) is 22.1 Å². The molecule has 1 aromatic heterocycles. The Morgan fingerprint density at radius 1 is 0.926 bits per heavy atom. The first-order valence-electron chi connectivity index (χ1n) is 8.21. The van der Waals surface area contributed by atoms with E-state index >= 15 is 0 Å². The number of carbonyl (C=O) groups is 1. The molecule has 0 spiro atoms. The third-order valence-corrected chi connectivity index (χ3v) is 4.83. The highest BCUT2D eigenvalue weighted by atomic mass is 79.9. The van der Waals surface area contributed by atoms with E-state index in [2.05, 4.69) is 15.9 Å². The van der Waals surface area contributed by atoms with Crippen LogP contribution in [0.5, 0.6) is 5.75 Å². The lowest BCUT2D eigenvalue weighted by atomic mass is 10.1. The van der Waals surface area contributed by atoms with E-state index in [1.807, 2.05) is 36.4 Å². The lowest BCUT2D eigenvalue weighted by Crippen LogP contribution is -2.09. The molecule has 0 bridgehead atoms. The van der Waals surface area contributed by atoms with Crippen molar-refractivity contribution in [2.24, 2.45) is 0 Å². The van der Waals surface area contributed by atoms with Gasteiger partial charge in [0.25, 0.3) is 0 Å². The number of fused-ring (bicyclic) bond motifs is 1. The van der Waals surface area contributed by atoms with Crippen LogP contribution in [0.15, 0.2) is 92.7 Å². The Hall–Kier alpha value is -3.18. The molecule has 0 N–H and O–H groups in total. The molecule has 5 heteroatoms. The summed E-state index contributed by atoms with van der Waals surface area (Å²) in [6.45, 7) is 0. The standard InChI is InChI=1S/C22H13BrO4/c23-19-9-5-4-8-16(19)22(25)27-15-10-11-17-20(12-15)26-13-18(21(17)24)14-6-2-1-3-7-14/h1-13H. The van der Waals surface area contributed by atoms with Gasteiger partial charge in [-0.2, -0.15) is 0 Å². The van der Waals surface area contributed by atoms with Gasteiger partial charge in [-0.15, -0.1) is 0 Å². The zero-order valence-corrected chi connectivity index (χ0v) is 15.6. The Bertz CT molecular complexity index is 1200. The lowest BCUT2D eigenvalue weighted by molar-refractivity contribution is 0.0734. The molecule has 27 heavy (non-hydrogen) atoms. The SMILES string of the molecule is O=C(Oc1ccc2c(=O)c(-c3ccccc3)coc2c1)c1ccccc1Br. The summed E-state index contributed by atoms with van der Waals surface area (Å²) >= 11 is 3.33. The van der Waals surface area contributed by atoms with Gasteiger partial charge in [-0.1, -0.05) is 42.5 Å². The van der Waals surface area contributed by atoms with Gasteiger partial charge in [-0.3, -0.25) is 4.79 Å². The van der Waals surface area contributed by atoms with Crippen molar-refractivity contribution in [2.45, 2.75) is 0 Å². The Morgan fingerprint density at radius 2 is 1.67 bits per heavy atom. The van der Waals surface area contributed by atoms with Gasteiger partial charge in [-0.05, 0) is 45.8 Å². The molecule has 0 saturated heterocycles. The van der Waals surface area contributed by atoms with Crippen LogP contribution >= 0.6 is 15.9 Å². The van der Waals surface area contributed by atoms with E-state index in [-0.39, 0.29) is 5.43 Å². The van der Waals surface area contributed by atoms with Crippen LogP contribution in [0.3, 0.4) is 0 Å². The molecule has 0 aliphatic carbocycles. The highest BCUT2D eigenvalue weighted by Crippen LogP contribution is 2.24. The summed E-state index contributed by atoms with van der Waals surface area (Å²) in [6.07, 6.45) is 1.43.